The average molecular weight is 316 g/mol. The third kappa shape index (κ3) is 4.78. The molecule has 1 aromatic rings. The maximum atomic E-state index is 12.0. The number of amides is 1. The van der Waals surface area contributed by atoms with Gasteiger partial charge in [-0.05, 0) is 19.8 Å². The van der Waals surface area contributed by atoms with E-state index in [1.54, 1.807) is 11.8 Å². The molecular formula is C12H20N4O4S. The minimum atomic E-state index is -3.24. The largest absolute Gasteiger partial charge is 0.343 e. The lowest BCUT2D eigenvalue weighted by atomic mass is 9.96. The summed E-state index contributed by atoms with van der Waals surface area (Å²) in [5.74, 6) is 1.42. The molecule has 0 unspecified atom stereocenters. The molecular weight excluding hydrogens is 296 g/mol. The average Bonchev–Trinajstić information content (AvgIpc) is 2.84. The molecule has 1 saturated heterocycles. The zero-order valence-electron chi connectivity index (χ0n) is 12.2. The lowest BCUT2D eigenvalue weighted by Gasteiger charge is -2.30. The van der Waals surface area contributed by atoms with Gasteiger partial charge in [-0.3, -0.25) is 4.79 Å². The molecule has 2 rings (SSSR count). The fraction of sp³-hybridized carbons (Fsp3) is 0.750. The number of likely N-dealkylation sites (tertiary alicyclic amines) is 1. The van der Waals surface area contributed by atoms with Crippen molar-refractivity contribution in [3.63, 3.8) is 0 Å². The zero-order chi connectivity index (χ0) is 15.5. The zero-order valence-corrected chi connectivity index (χ0v) is 13.0. The Kier molecular flexibility index (Phi) is 4.94. The molecule has 0 spiro atoms. The Hall–Kier alpha value is -1.48. The second-order valence-electron chi connectivity index (χ2n) is 5.25. The number of sulfonamides is 1. The highest BCUT2D eigenvalue weighted by molar-refractivity contribution is 7.88. The van der Waals surface area contributed by atoms with E-state index in [4.69, 9.17) is 4.52 Å². The van der Waals surface area contributed by atoms with E-state index in [-0.39, 0.29) is 24.8 Å². The molecule has 1 amide bonds. The highest BCUT2D eigenvalue weighted by atomic mass is 32.2. The summed E-state index contributed by atoms with van der Waals surface area (Å²) in [6.07, 6.45) is 2.83. The predicted octanol–water partition coefficient (Wildman–Crippen LogP) is 0.0233. The second-order valence-corrected chi connectivity index (χ2v) is 7.08. The van der Waals surface area contributed by atoms with Crippen LogP contribution in [0.25, 0.3) is 0 Å². The van der Waals surface area contributed by atoms with Crippen molar-refractivity contribution in [3.05, 3.63) is 11.7 Å². The molecule has 0 radical (unpaired) electrons. The summed E-state index contributed by atoms with van der Waals surface area (Å²) in [6.45, 7) is 3.18. The number of nitrogens with zero attached hydrogens (tertiary/aromatic N) is 3. The van der Waals surface area contributed by atoms with Crippen molar-refractivity contribution in [3.8, 4) is 0 Å². The van der Waals surface area contributed by atoms with Gasteiger partial charge in [0.05, 0.1) is 6.26 Å². The van der Waals surface area contributed by atoms with Gasteiger partial charge in [-0.25, -0.2) is 13.1 Å². The van der Waals surface area contributed by atoms with Gasteiger partial charge in [0.1, 0.15) is 0 Å². The standard InChI is InChI=1S/C12H20N4O4S/c1-9-14-12(20-15-9)10-4-7-16(8-5-10)11(17)3-6-13-21(2,18)19/h10,13H,3-8H2,1-2H3. The van der Waals surface area contributed by atoms with Crippen LogP contribution >= 0.6 is 0 Å². The summed E-state index contributed by atoms with van der Waals surface area (Å²) in [6, 6.07) is 0. The molecule has 8 nitrogen and oxygen atoms in total. The van der Waals surface area contributed by atoms with Gasteiger partial charge in [0.2, 0.25) is 21.8 Å². The smallest absolute Gasteiger partial charge is 0.229 e. The normalized spacial score (nSPS) is 17.1. The number of rotatable bonds is 5. The molecule has 9 heteroatoms. The van der Waals surface area contributed by atoms with Gasteiger partial charge in [-0.1, -0.05) is 5.16 Å². The minimum Gasteiger partial charge on any atom is -0.343 e. The van der Waals surface area contributed by atoms with E-state index in [0.29, 0.717) is 24.8 Å². The first-order valence-corrected chi connectivity index (χ1v) is 8.77. The van der Waals surface area contributed by atoms with Crippen LogP contribution in [0.2, 0.25) is 0 Å². The van der Waals surface area contributed by atoms with Gasteiger partial charge < -0.3 is 9.42 Å². The number of piperidine rings is 1. The van der Waals surface area contributed by atoms with Crippen LogP contribution in [-0.2, 0) is 14.8 Å². The van der Waals surface area contributed by atoms with Crippen molar-refractivity contribution in [2.75, 3.05) is 25.9 Å². The highest BCUT2D eigenvalue weighted by Gasteiger charge is 2.26. The molecule has 1 aliphatic rings. The van der Waals surface area contributed by atoms with Gasteiger partial charge in [0.15, 0.2) is 5.82 Å². The van der Waals surface area contributed by atoms with E-state index in [0.717, 1.165) is 19.1 Å². The Morgan fingerprint density at radius 3 is 2.62 bits per heavy atom. The summed E-state index contributed by atoms with van der Waals surface area (Å²) in [5.41, 5.74) is 0. The number of carbonyl (C=O) groups excluding carboxylic acids is 1. The van der Waals surface area contributed by atoms with Crippen molar-refractivity contribution in [2.45, 2.75) is 32.1 Å². The van der Waals surface area contributed by atoms with Crippen LogP contribution in [0.15, 0.2) is 4.52 Å². The van der Waals surface area contributed by atoms with Crippen LogP contribution in [0.3, 0.4) is 0 Å². The summed E-state index contributed by atoms with van der Waals surface area (Å²) in [7, 11) is -3.24. The van der Waals surface area contributed by atoms with Gasteiger partial charge in [0.25, 0.3) is 0 Å². The van der Waals surface area contributed by atoms with Gasteiger partial charge >= 0.3 is 0 Å². The van der Waals surface area contributed by atoms with E-state index in [1.165, 1.54) is 0 Å². The van der Waals surface area contributed by atoms with Crippen LogP contribution in [0.4, 0.5) is 0 Å². The van der Waals surface area contributed by atoms with Crippen LogP contribution in [0, 0.1) is 6.92 Å². The van der Waals surface area contributed by atoms with Crippen LogP contribution in [-0.4, -0.2) is 55.3 Å². The Balaban J connectivity index is 1.77. The maximum Gasteiger partial charge on any atom is 0.229 e. The molecule has 1 N–H and O–H groups in total. The Bertz CT molecular complexity index is 590. The SMILES string of the molecule is Cc1noc(C2CCN(C(=O)CCNS(C)(=O)=O)CC2)n1. The summed E-state index contributed by atoms with van der Waals surface area (Å²) in [4.78, 5) is 17.9. The third-order valence-electron chi connectivity index (χ3n) is 3.44. The van der Waals surface area contributed by atoms with Crippen LogP contribution in [0.1, 0.15) is 36.9 Å². The number of nitrogens with one attached hydrogen (secondary N) is 1. The number of aryl methyl sites for hydroxylation is 1. The first-order chi connectivity index (χ1) is 9.85. The van der Waals surface area contributed by atoms with Crippen molar-refractivity contribution < 1.29 is 17.7 Å². The molecule has 1 aliphatic heterocycles. The second kappa shape index (κ2) is 6.52. The molecule has 0 saturated carbocycles. The Labute approximate surface area is 123 Å². The first-order valence-electron chi connectivity index (χ1n) is 6.88. The van der Waals surface area contributed by atoms with Crippen LogP contribution < -0.4 is 4.72 Å². The molecule has 0 bridgehead atoms. The Morgan fingerprint density at radius 2 is 2.10 bits per heavy atom. The summed E-state index contributed by atoms with van der Waals surface area (Å²) < 4.78 is 29.3. The molecule has 21 heavy (non-hydrogen) atoms. The topological polar surface area (TPSA) is 105 Å². The molecule has 0 atom stereocenters. The number of hydrogen-bond acceptors (Lipinski definition) is 6. The highest BCUT2D eigenvalue weighted by Crippen LogP contribution is 2.26. The van der Waals surface area contributed by atoms with Crippen molar-refractivity contribution >= 4 is 15.9 Å². The molecule has 1 fully saturated rings. The lowest BCUT2D eigenvalue weighted by molar-refractivity contribution is -0.132. The number of aromatic nitrogens is 2. The summed E-state index contributed by atoms with van der Waals surface area (Å²) in [5, 5.41) is 3.78. The maximum absolute atomic E-state index is 12.0. The summed E-state index contributed by atoms with van der Waals surface area (Å²) >= 11 is 0. The molecule has 0 aromatic carbocycles. The van der Waals surface area contributed by atoms with E-state index in [2.05, 4.69) is 14.9 Å². The third-order valence-corrected chi connectivity index (χ3v) is 4.17. The van der Waals surface area contributed by atoms with Crippen molar-refractivity contribution in [1.82, 2.24) is 19.8 Å². The molecule has 0 aliphatic carbocycles. The quantitative estimate of drug-likeness (QED) is 0.821. The van der Waals surface area contributed by atoms with E-state index in [9.17, 15) is 13.2 Å². The Morgan fingerprint density at radius 1 is 1.43 bits per heavy atom. The van der Waals surface area contributed by atoms with Crippen LogP contribution in [0.5, 0.6) is 0 Å². The molecule has 118 valence electrons. The van der Waals surface area contributed by atoms with E-state index < -0.39 is 10.0 Å². The van der Waals surface area contributed by atoms with Gasteiger partial charge in [0, 0.05) is 32.0 Å². The molecule has 1 aromatic heterocycles. The monoisotopic (exact) mass is 316 g/mol. The fourth-order valence-corrected chi connectivity index (χ4v) is 2.83. The van der Waals surface area contributed by atoms with Gasteiger partial charge in [-0.15, -0.1) is 0 Å². The number of hydrogen-bond donors (Lipinski definition) is 1. The number of carbonyl (C=O) groups is 1. The van der Waals surface area contributed by atoms with Gasteiger partial charge in [-0.2, -0.15) is 4.98 Å². The fourth-order valence-electron chi connectivity index (χ4n) is 2.36. The minimum absolute atomic E-state index is 0.0358. The van der Waals surface area contributed by atoms with Crippen molar-refractivity contribution in [1.29, 1.82) is 0 Å². The van der Waals surface area contributed by atoms with E-state index >= 15 is 0 Å². The van der Waals surface area contributed by atoms with Crippen molar-refractivity contribution in [2.24, 2.45) is 0 Å². The first kappa shape index (κ1) is 15.9. The molecule has 2 heterocycles. The van der Waals surface area contributed by atoms with E-state index in [1.807, 2.05) is 0 Å². The predicted molar refractivity (Wildman–Crippen MR) is 75.1 cm³/mol. The lowest BCUT2D eigenvalue weighted by Crippen LogP contribution is -2.39.